The lowest BCUT2D eigenvalue weighted by Crippen LogP contribution is -2.39. The normalized spacial score (nSPS) is 24.6. The van der Waals surface area contributed by atoms with Crippen LogP contribution in [0.4, 0.5) is 0 Å². The van der Waals surface area contributed by atoms with Gasteiger partial charge in [-0.2, -0.15) is 0 Å². The summed E-state index contributed by atoms with van der Waals surface area (Å²) in [5.41, 5.74) is 0. The third kappa shape index (κ3) is 3.95. The average molecular weight is 199 g/mol. The van der Waals surface area contributed by atoms with E-state index in [2.05, 4.69) is 42.6 Å². The molecule has 0 N–H and O–H groups in total. The highest BCUT2D eigenvalue weighted by molar-refractivity contribution is 4.70. The van der Waals surface area contributed by atoms with Crippen molar-refractivity contribution in [3.8, 4) is 0 Å². The minimum Gasteiger partial charge on any atom is -0.304 e. The second-order valence-electron chi connectivity index (χ2n) is 4.74. The summed E-state index contributed by atoms with van der Waals surface area (Å²) in [6, 6.07) is 0.676. The van der Waals surface area contributed by atoms with E-state index in [9.17, 15) is 0 Å². The lowest BCUT2D eigenvalue weighted by atomic mass is 10.3. The van der Waals surface area contributed by atoms with Crippen LogP contribution in [0.5, 0.6) is 0 Å². The van der Waals surface area contributed by atoms with Gasteiger partial charge in [-0.15, -0.1) is 0 Å². The fourth-order valence-electron chi connectivity index (χ4n) is 1.79. The van der Waals surface area contributed by atoms with Gasteiger partial charge in [-0.25, -0.2) is 0 Å². The Morgan fingerprint density at radius 3 is 1.43 bits per heavy atom. The van der Waals surface area contributed by atoms with Gasteiger partial charge in [0, 0.05) is 45.3 Å². The van der Waals surface area contributed by atoms with Crippen LogP contribution in [-0.2, 0) is 0 Å². The maximum atomic E-state index is 2.57. The second kappa shape index (κ2) is 5.69. The molecule has 0 amide bonds. The summed E-state index contributed by atoms with van der Waals surface area (Å²) >= 11 is 0. The van der Waals surface area contributed by atoms with Crippen LogP contribution >= 0.6 is 0 Å². The Kier molecular flexibility index (Phi) is 4.85. The van der Waals surface area contributed by atoms with Gasteiger partial charge in [0.05, 0.1) is 0 Å². The molecule has 1 aliphatic heterocycles. The zero-order valence-corrected chi connectivity index (χ0v) is 10.2. The molecule has 0 saturated carbocycles. The van der Waals surface area contributed by atoms with Crippen molar-refractivity contribution in [1.82, 2.24) is 14.7 Å². The van der Waals surface area contributed by atoms with Gasteiger partial charge in [0.15, 0.2) is 0 Å². The molecule has 0 aliphatic carbocycles. The van der Waals surface area contributed by atoms with Gasteiger partial charge in [0.25, 0.3) is 0 Å². The molecule has 1 aliphatic rings. The van der Waals surface area contributed by atoms with Crippen LogP contribution in [0.15, 0.2) is 0 Å². The van der Waals surface area contributed by atoms with Crippen LogP contribution in [-0.4, -0.2) is 74.1 Å². The number of hydrogen-bond donors (Lipinski definition) is 0. The lowest BCUT2D eigenvalue weighted by Gasteiger charge is -2.27. The maximum Gasteiger partial charge on any atom is 0.0112 e. The van der Waals surface area contributed by atoms with Crippen molar-refractivity contribution < 1.29 is 0 Å². The van der Waals surface area contributed by atoms with Gasteiger partial charge in [0.2, 0.25) is 0 Å². The summed E-state index contributed by atoms with van der Waals surface area (Å²) in [4.78, 5) is 7.42. The van der Waals surface area contributed by atoms with Crippen LogP contribution in [0.2, 0.25) is 0 Å². The molecule has 3 nitrogen and oxygen atoms in total. The summed E-state index contributed by atoms with van der Waals surface area (Å²) in [7, 11) is 4.44. The Morgan fingerprint density at radius 2 is 1.07 bits per heavy atom. The largest absolute Gasteiger partial charge is 0.304 e. The van der Waals surface area contributed by atoms with Crippen LogP contribution in [0.1, 0.15) is 13.8 Å². The SMILES string of the molecule is CC(C)N1CCN(C)CCN(C)CC1. The van der Waals surface area contributed by atoms with Crippen LogP contribution in [0.3, 0.4) is 0 Å². The molecule has 0 aromatic carbocycles. The fourth-order valence-corrected chi connectivity index (χ4v) is 1.79. The summed E-state index contributed by atoms with van der Waals surface area (Å²) in [5, 5.41) is 0. The minimum absolute atomic E-state index is 0.676. The van der Waals surface area contributed by atoms with Crippen LogP contribution in [0, 0.1) is 0 Å². The first kappa shape index (κ1) is 12.0. The minimum atomic E-state index is 0.676. The van der Waals surface area contributed by atoms with E-state index in [1.807, 2.05) is 0 Å². The van der Waals surface area contributed by atoms with Crippen molar-refractivity contribution >= 4 is 0 Å². The summed E-state index contributed by atoms with van der Waals surface area (Å²) in [5.74, 6) is 0. The van der Waals surface area contributed by atoms with Gasteiger partial charge in [-0.05, 0) is 27.9 Å². The number of likely N-dealkylation sites (N-methyl/N-ethyl adjacent to an activating group) is 2. The molecule has 0 atom stereocenters. The van der Waals surface area contributed by atoms with E-state index >= 15 is 0 Å². The molecule has 1 saturated heterocycles. The molecule has 14 heavy (non-hydrogen) atoms. The van der Waals surface area contributed by atoms with E-state index in [-0.39, 0.29) is 0 Å². The summed E-state index contributed by atoms with van der Waals surface area (Å²) in [6.45, 7) is 11.8. The van der Waals surface area contributed by atoms with Gasteiger partial charge < -0.3 is 9.80 Å². The molecule has 0 bridgehead atoms. The topological polar surface area (TPSA) is 9.72 Å². The highest BCUT2D eigenvalue weighted by Crippen LogP contribution is 2.01. The van der Waals surface area contributed by atoms with Crippen LogP contribution < -0.4 is 0 Å². The molecule has 1 heterocycles. The zero-order chi connectivity index (χ0) is 10.6. The Bertz CT molecular complexity index is 145. The molecule has 1 fully saturated rings. The van der Waals surface area contributed by atoms with Gasteiger partial charge in [0.1, 0.15) is 0 Å². The van der Waals surface area contributed by atoms with Crippen LogP contribution in [0.25, 0.3) is 0 Å². The molecule has 3 heteroatoms. The first-order valence-corrected chi connectivity index (χ1v) is 5.70. The van der Waals surface area contributed by atoms with Crippen molar-refractivity contribution in [2.45, 2.75) is 19.9 Å². The number of nitrogens with zero attached hydrogens (tertiary/aromatic N) is 3. The van der Waals surface area contributed by atoms with E-state index in [4.69, 9.17) is 0 Å². The van der Waals surface area contributed by atoms with Crippen molar-refractivity contribution in [2.24, 2.45) is 0 Å². The van der Waals surface area contributed by atoms with E-state index in [0.29, 0.717) is 6.04 Å². The predicted molar refractivity (Wildman–Crippen MR) is 61.7 cm³/mol. The first-order valence-electron chi connectivity index (χ1n) is 5.70. The van der Waals surface area contributed by atoms with Crippen molar-refractivity contribution in [2.75, 3.05) is 53.4 Å². The highest BCUT2D eigenvalue weighted by Gasteiger charge is 2.13. The Balaban J connectivity index is 2.47. The number of hydrogen-bond acceptors (Lipinski definition) is 3. The van der Waals surface area contributed by atoms with Gasteiger partial charge in [-0.3, -0.25) is 4.90 Å². The van der Waals surface area contributed by atoms with Crippen molar-refractivity contribution in [1.29, 1.82) is 0 Å². The van der Waals surface area contributed by atoms with E-state index < -0.39 is 0 Å². The fraction of sp³-hybridized carbons (Fsp3) is 1.00. The molecule has 0 radical (unpaired) electrons. The highest BCUT2D eigenvalue weighted by atomic mass is 15.2. The molecule has 1 rings (SSSR count). The molecule has 84 valence electrons. The zero-order valence-electron chi connectivity index (χ0n) is 10.2. The third-order valence-corrected chi connectivity index (χ3v) is 3.13. The molecule has 0 spiro atoms. The predicted octanol–water partition coefficient (Wildman–Crippen LogP) is 0.574. The molecular formula is C11H25N3. The van der Waals surface area contributed by atoms with Crippen molar-refractivity contribution in [3.05, 3.63) is 0 Å². The van der Waals surface area contributed by atoms with Gasteiger partial charge in [-0.1, -0.05) is 0 Å². The Labute approximate surface area is 88.7 Å². The molecular weight excluding hydrogens is 174 g/mol. The molecule has 0 aromatic heterocycles. The van der Waals surface area contributed by atoms with Gasteiger partial charge >= 0.3 is 0 Å². The monoisotopic (exact) mass is 199 g/mol. The Hall–Kier alpha value is -0.120. The maximum absolute atomic E-state index is 2.57. The smallest absolute Gasteiger partial charge is 0.0112 e. The third-order valence-electron chi connectivity index (χ3n) is 3.13. The summed E-state index contributed by atoms with van der Waals surface area (Å²) in [6.07, 6.45) is 0. The van der Waals surface area contributed by atoms with Crippen molar-refractivity contribution in [3.63, 3.8) is 0 Å². The lowest BCUT2D eigenvalue weighted by molar-refractivity contribution is 0.194. The Morgan fingerprint density at radius 1 is 0.714 bits per heavy atom. The van der Waals surface area contributed by atoms with E-state index in [0.717, 1.165) is 0 Å². The first-order chi connectivity index (χ1) is 6.59. The average Bonchev–Trinajstić information content (AvgIpc) is 2.20. The quantitative estimate of drug-likeness (QED) is 0.611. The summed E-state index contributed by atoms with van der Waals surface area (Å²) < 4.78 is 0. The standard InChI is InChI=1S/C11H25N3/c1-11(2)14-9-7-12(3)5-6-13(4)8-10-14/h11H,5-10H2,1-4H3. The van der Waals surface area contributed by atoms with E-state index in [1.165, 1.54) is 39.3 Å². The molecule has 0 aromatic rings. The second-order valence-corrected chi connectivity index (χ2v) is 4.74. The van der Waals surface area contributed by atoms with E-state index in [1.54, 1.807) is 0 Å². The number of rotatable bonds is 1. The molecule has 0 unspecified atom stereocenters.